The Morgan fingerprint density at radius 2 is 2.04 bits per heavy atom. The van der Waals surface area contributed by atoms with Gasteiger partial charge in [0.1, 0.15) is 5.82 Å². The summed E-state index contributed by atoms with van der Waals surface area (Å²) in [5.74, 6) is -1.07. The van der Waals surface area contributed by atoms with E-state index in [9.17, 15) is 8.78 Å². The Bertz CT molecular complexity index is 981. The van der Waals surface area contributed by atoms with Gasteiger partial charge in [-0.3, -0.25) is 4.98 Å². The molecule has 3 nitrogen and oxygen atoms in total. The summed E-state index contributed by atoms with van der Waals surface area (Å²) in [6.45, 7) is 4.82. The summed E-state index contributed by atoms with van der Waals surface area (Å²) in [5, 5.41) is 1.71. The fourth-order valence-electron chi connectivity index (χ4n) is 2.71. The largest absolute Gasteiger partial charge is 0.343 e. The highest BCUT2D eigenvalue weighted by Gasteiger charge is 2.13. The first-order chi connectivity index (χ1) is 11.0. The van der Waals surface area contributed by atoms with Crippen LogP contribution in [0.2, 0.25) is 0 Å². The lowest BCUT2D eigenvalue weighted by molar-refractivity contribution is 0.625. The SMILES string of the molecule is C=N/C(F)=C\C=C(/C)c1cc2c(cc1F)c1cnccc1n2C. The predicted octanol–water partition coefficient (Wildman–Crippen LogP) is 4.78. The van der Waals surface area contributed by atoms with Crippen molar-refractivity contribution in [2.24, 2.45) is 12.0 Å². The van der Waals surface area contributed by atoms with Gasteiger partial charge in [-0.25, -0.2) is 9.38 Å². The van der Waals surface area contributed by atoms with Crippen LogP contribution >= 0.6 is 0 Å². The molecule has 0 saturated heterocycles. The van der Waals surface area contributed by atoms with Gasteiger partial charge in [0.15, 0.2) is 0 Å². The minimum Gasteiger partial charge on any atom is -0.343 e. The summed E-state index contributed by atoms with van der Waals surface area (Å²) in [7, 11) is 1.92. The Kier molecular flexibility index (Phi) is 3.78. The number of pyridine rings is 1. The van der Waals surface area contributed by atoms with Crippen molar-refractivity contribution >= 4 is 34.1 Å². The average molecular weight is 311 g/mol. The van der Waals surface area contributed by atoms with Crippen LogP contribution in [-0.4, -0.2) is 16.3 Å². The first-order valence-corrected chi connectivity index (χ1v) is 7.05. The molecule has 116 valence electrons. The summed E-state index contributed by atoms with van der Waals surface area (Å²) < 4.78 is 29.5. The zero-order valence-corrected chi connectivity index (χ0v) is 12.8. The molecule has 0 unspecified atom stereocenters. The molecule has 23 heavy (non-hydrogen) atoms. The van der Waals surface area contributed by atoms with Crippen LogP contribution in [0.15, 0.2) is 53.7 Å². The van der Waals surface area contributed by atoms with E-state index in [2.05, 4.69) is 16.7 Å². The number of nitrogens with zero attached hydrogens (tertiary/aromatic N) is 3. The third kappa shape index (κ3) is 2.54. The lowest BCUT2D eigenvalue weighted by Gasteiger charge is -2.05. The van der Waals surface area contributed by atoms with Crippen LogP contribution in [0.1, 0.15) is 12.5 Å². The smallest absolute Gasteiger partial charge is 0.212 e. The number of benzene rings is 1. The highest BCUT2D eigenvalue weighted by atomic mass is 19.1. The number of rotatable bonds is 3. The van der Waals surface area contributed by atoms with Crippen LogP contribution in [0.25, 0.3) is 27.4 Å². The molecule has 0 N–H and O–H groups in total. The fourth-order valence-corrected chi connectivity index (χ4v) is 2.71. The zero-order valence-electron chi connectivity index (χ0n) is 12.8. The molecular weight excluding hydrogens is 296 g/mol. The van der Waals surface area contributed by atoms with Crippen molar-refractivity contribution < 1.29 is 8.78 Å². The number of aromatic nitrogens is 2. The Labute approximate surface area is 132 Å². The summed E-state index contributed by atoms with van der Waals surface area (Å²) >= 11 is 0. The molecule has 2 aromatic heterocycles. The maximum absolute atomic E-state index is 14.5. The Morgan fingerprint density at radius 3 is 2.78 bits per heavy atom. The monoisotopic (exact) mass is 311 g/mol. The van der Waals surface area contributed by atoms with Crippen LogP contribution in [0.4, 0.5) is 8.78 Å². The van der Waals surface area contributed by atoms with E-state index < -0.39 is 5.95 Å². The molecule has 0 radical (unpaired) electrons. The summed E-state index contributed by atoms with van der Waals surface area (Å²) in [6, 6.07) is 5.16. The van der Waals surface area contributed by atoms with Crippen LogP contribution in [0, 0.1) is 5.82 Å². The molecule has 5 heteroatoms. The van der Waals surface area contributed by atoms with Crippen LogP contribution in [0.5, 0.6) is 0 Å². The van der Waals surface area contributed by atoms with Crippen molar-refractivity contribution in [1.82, 2.24) is 9.55 Å². The van der Waals surface area contributed by atoms with Gasteiger partial charge >= 0.3 is 0 Å². The standard InChI is InChI=1S/C18H15F2N3/c1-11(4-5-18(20)21-2)12-9-17-13(8-15(12)19)14-10-22-7-6-16(14)23(17)3/h4-10H,2H2,1,3H3/b11-4+,18-5-. The molecular formula is C18H15F2N3. The normalized spacial score (nSPS) is 13.0. The van der Waals surface area contributed by atoms with Crippen LogP contribution < -0.4 is 0 Å². The molecule has 0 saturated carbocycles. The lowest BCUT2D eigenvalue weighted by atomic mass is 10.0. The number of allylic oxidation sites excluding steroid dienone is 3. The van der Waals surface area contributed by atoms with Crippen LogP contribution in [-0.2, 0) is 7.05 Å². The minimum atomic E-state index is -0.707. The quantitative estimate of drug-likeness (QED) is 0.389. The number of hydrogen-bond donors (Lipinski definition) is 0. The highest BCUT2D eigenvalue weighted by molar-refractivity contribution is 6.08. The van der Waals surface area contributed by atoms with Gasteiger partial charge in [-0.15, -0.1) is 0 Å². The number of fused-ring (bicyclic) bond motifs is 3. The van der Waals surface area contributed by atoms with Crippen molar-refractivity contribution in [3.8, 4) is 0 Å². The average Bonchev–Trinajstić information content (AvgIpc) is 2.84. The van der Waals surface area contributed by atoms with Gasteiger partial charge in [0, 0.05) is 41.3 Å². The van der Waals surface area contributed by atoms with Gasteiger partial charge in [0.05, 0.1) is 5.52 Å². The van der Waals surface area contributed by atoms with E-state index in [1.165, 1.54) is 12.1 Å². The predicted molar refractivity (Wildman–Crippen MR) is 90.6 cm³/mol. The first-order valence-electron chi connectivity index (χ1n) is 7.05. The molecule has 0 fully saturated rings. The third-order valence-electron chi connectivity index (χ3n) is 3.94. The second-order valence-corrected chi connectivity index (χ2v) is 5.30. The number of halogens is 2. The molecule has 0 aliphatic carbocycles. The Balaban J connectivity index is 2.24. The molecule has 0 amide bonds. The molecule has 0 aliphatic rings. The molecule has 3 rings (SSSR count). The van der Waals surface area contributed by atoms with Gasteiger partial charge in [-0.2, -0.15) is 4.39 Å². The number of hydrogen-bond acceptors (Lipinski definition) is 2. The number of aryl methyl sites for hydroxylation is 1. The molecule has 2 heterocycles. The number of aliphatic imine (C=N–C) groups is 1. The van der Waals surface area contributed by atoms with Gasteiger partial charge < -0.3 is 4.57 Å². The molecule has 1 aromatic carbocycles. The van der Waals surface area contributed by atoms with E-state index >= 15 is 0 Å². The molecule has 0 atom stereocenters. The third-order valence-corrected chi connectivity index (χ3v) is 3.94. The fraction of sp³-hybridized carbons (Fsp3) is 0.111. The second-order valence-electron chi connectivity index (χ2n) is 5.30. The maximum Gasteiger partial charge on any atom is 0.212 e. The summed E-state index contributed by atoms with van der Waals surface area (Å²) in [5.41, 5.74) is 2.90. The van der Waals surface area contributed by atoms with Crippen molar-refractivity contribution in [2.45, 2.75) is 6.92 Å². The van der Waals surface area contributed by atoms with Crippen LogP contribution in [0.3, 0.4) is 0 Å². The van der Waals surface area contributed by atoms with E-state index in [-0.39, 0.29) is 5.82 Å². The first kappa shape index (κ1) is 15.1. The second kappa shape index (κ2) is 5.76. The minimum absolute atomic E-state index is 0.358. The lowest BCUT2D eigenvalue weighted by Crippen LogP contribution is -1.91. The van der Waals surface area contributed by atoms with E-state index in [0.29, 0.717) is 11.1 Å². The van der Waals surface area contributed by atoms with Crippen molar-refractivity contribution in [2.75, 3.05) is 0 Å². The zero-order chi connectivity index (χ0) is 16.6. The van der Waals surface area contributed by atoms with E-state index in [1.807, 2.05) is 17.7 Å². The van der Waals surface area contributed by atoms with Gasteiger partial charge in [0.2, 0.25) is 5.95 Å². The topological polar surface area (TPSA) is 30.2 Å². The van der Waals surface area contributed by atoms with E-state index in [1.54, 1.807) is 25.4 Å². The molecule has 0 aliphatic heterocycles. The maximum atomic E-state index is 14.5. The van der Waals surface area contributed by atoms with Crippen molar-refractivity contribution in [3.05, 3.63) is 60.1 Å². The van der Waals surface area contributed by atoms with Gasteiger partial charge in [-0.1, -0.05) is 6.08 Å². The molecule has 0 spiro atoms. The van der Waals surface area contributed by atoms with Crippen molar-refractivity contribution in [1.29, 1.82) is 0 Å². The van der Waals surface area contributed by atoms with Crippen molar-refractivity contribution in [3.63, 3.8) is 0 Å². The van der Waals surface area contributed by atoms with E-state index in [4.69, 9.17) is 0 Å². The highest BCUT2D eigenvalue weighted by Crippen LogP contribution is 2.31. The Morgan fingerprint density at radius 1 is 1.26 bits per heavy atom. The van der Waals surface area contributed by atoms with Gasteiger partial charge in [-0.05, 0) is 43.5 Å². The molecule has 3 aromatic rings. The van der Waals surface area contributed by atoms with Gasteiger partial charge in [0.25, 0.3) is 0 Å². The summed E-state index contributed by atoms with van der Waals surface area (Å²) in [6.07, 6.45) is 6.09. The summed E-state index contributed by atoms with van der Waals surface area (Å²) in [4.78, 5) is 7.27. The molecule has 0 bridgehead atoms. The Hall–Kier alpha value is -2.82. The van der Waals surface area contributed by atoms with E-state index in [0.717, 1.165) is 27.9 Å².